The molecule has 2 aromatic carbocycles. The number of hydrogen-bond donors (Lipinski definition) is 1. The summed E-state index contributed by atoms with van der Waals surface area (Å²) < 4.78 is 7.24. The van der Waals surface area contributed by atoms with Gasteiger partial charge < -0.3 is 10.1 Å². The van der Waals surface area contributed by atoms with E-state index in [0.29, 0.717) is 12.6 Å². The van der Waals surface area contributed by atoms with E-state index in [1.54, 1.807) is 0 Å². The Hall–Kier alpha value is -1.16. The second-order valence-electron chi connectivity index (χ2n) is 5.36. The van der Waals surface area contributed by atoms with Gasteiger partial charge in [-0.3, -0.25) is 0 Å². The van der Waals surface area contributed by atoms with Gasteiger partial charge in [-0.25, -0.2) is 0 Å². The number of halogens is 1. The molecule has 0 bridgehead atoms. The van der Waals surface area contributed by atoms with Crippen LogP contribution in [-0.2, 0) is 11.3 Å². The molecule has 1 unspecified atom stereocenters. The zero-order valence-electron chi connectivity index (χ0n) is 12.6. The van der Waals surface area contributed by atoms with Crippen LogP contribution in [0.3, 0.4) is 0 Å². The topological polar surface area (TPSA) is 21.3 Å². The van der Waals surface area contributed by atoms with Crippen LogP contribution in [0.2, 0.25) is 0 Å². The van der Waals surface area contributed by atoms with Crippen molar-refractivity contribution >= 4 is 15.9 Å². The Kier molecular flexibility index (Phi) is 6.43. The molecule has 2 aromatic rings. The van der Waals surface area contributed by atoms with E-state index < -0.39 is 0 Å². The third kappa shape index (κ3) is 5.27. The molecule has 0 aromatic heterocycles. The first-order valence-electron chi connectivity index (χ1n) is 7.30. The minimum atomic E-state index is 0.0562. The van der Waals surface area contributed by atoms with Gasteiger partial charge in [-0.05, 0) is 17.2 Å². The molecule has 1 N–H and O–H groups in total. The highest BCUT2D eigenvalue weighted by Crippen LogP contribution is 2.22. The van der Waals surface area contributed by atoms with Crippen LogP contribution in [0.4, 0.5) is 0 Å². The van der Waals surface area contributed by atoms with Crippen LogP contribution in [0, 0.1) is 0 Å². The Balaban J connectivity index is 2.04. The first kappa shape index (κ1) is 16.2. The third-order valence-corrected chi connectivity index (χ3v) is 4.05. The summed E-state index contributed by atoms with van der Waals surface area (Å²) in [7, 11) is 0. The monoisotopic (exact) mass is 347 g/mol. The molecule has 0 heterocycles. The van der Waals surface area contributed by atoms with E-state index in [4.69, 9.17) is 4.74 Å². The minimum Gasteiger partial charge on any atom is -0.367 e. The smallest absolute Gasteiger partial charge is 0.0953 e. The van der Waals surface area contributed by atoms with Gasteiger partial charge in [0, 0.05) is 17.1 Å². The van der Waals surface area contributed by atoms with Gasteiger partial charge in [0.15, 0.2) is 0 Å². The lowest BCUT2D eigenvalue weighted by Crippen LogP contribution is -2.29. The zero-order chi connectivity index (χ0) is 15.1. The van der Waals surface area contributed by atoms with E-state index in [0.717, 1.165) is 11.0 Å². The Morgan fingerprint density at radius 2 is 1.67 bits per heavy atom. The summed E-state index contributed by atoms with van der Waals surface area (Å²) in [6.45, 7) is 5.71. The van der Waals surface area contributed by atoms with Gasteiger partial charge >= 0.3 is 0 Å². The van der Waals surface area contributed by atoms with Gasteiger partial charge in [0.05, 0.1) is 12.7 Å². The molecule has 0 aliphatic carbocycles. The summed E-state index contributed by atoms with van der Waals surface area (Å²) in [4.78, 5) is 0. The van der Waals surface area contributed by atoms with Crippen molar-refractivity contribution in [1.29, 1.82) is 0 Å². The fraction of sp³-hybridized carbons (Fsp3) is 0.333. The number of hydrogen-bond acceptors (Lipinski definition) is 2. The third-order valence-electron chi connectivity index (χ3n) is 3.28. The lowest BCUT2D eigenvalue weighted by atomic mass is 10.1. The Labute approximate surface area is 135 Å². The van der Waals surface area contributed by atoms with Crippen molar-refractivity contribution in [3.63, 3.8) is 0 Å². The van der Waals surface area contributed by atoms with E-state index >= 15 is 0 Å². The SMILES string of the molecule is CC(C)NCC(OCc1ccccc1Br)c1ccccc1. The molecule has 2 nitrogen and oxygen atoms in total. The summed E-state index contributed by atoms with van der Waals surface area (Å²) >= 11 is 3.57. The van der Waals surface area contributed by atoms with Crippen molar-refractivity contribution in [3.8, 4) is 0 Å². The predicted octanol–water partition coefficient (Wildman–Crippen LogP) is 4.71. The Morgan fingerprint density at radius 3 is 2.33 bits per heavy atom. The van der Waals surface area contributed by atoms with Crippen LogP contribution < -0.4 is 5.32 Å². The lowest BCUT2D eigenvalue weighted by Gasteiger charge is -2.21. The Bertz CT molecular complexity index is 542. The quantitative estimate of drug-likeness (QED) is 0.783. The van der Waals surface area contributed by atoms with Crippen molar-refractivity contribution in [1.82, 2.24) is 5.32 Å². The molecule has 112 valence electrons. The molecule has 0 aliphatic rings. The fourth-order valence-corrected chi connectivity index (χ4v) is 2.49. The molecule has 0 aliphatic heterocycles. The number of rotatable bonds is 7. The van der Waals surface area contributed by atoms with Crippen LogP contribution in [0.5, 0.6) is 0 Å². The summed E-state index contributed by atoms with van der Waals surface area (Å²) in [5, 5.41) is 3.46. The van der Waals surface area contributed by atoms with Crippen LogP contribution in [0.25, 0.3) is 0 Å². The van der Waals surface area contributed by atoms with Crippen molar-refractivity contribution in [2.45, 2.75) is 32.6 Å². The lowest BCUT2D eigenvalue weighted by molar-refractivity contribution is 0.0383. The summed E-state index contributed by atoms with van der Waals surface area (Å²) in [6.07, 6.45) is 0.0562. The average Bonchev–Trinajstić information content (AvgIpc) is 2.49. The van der Waals surface area contributed by atoms with E-state index in [-0.39, 0.29) is 6.10 Å². The molecule has 0 spiro atoms. The molecule has 3 heteroatoms. The van der Waals surface area contributed by atoms with Crippen molar-refractivity contribution in [3.05, 3.63) is 70.2 Å². The Morgan fingerprint density at radius 1 is 1.00 bits per heavy atom. The maximum Gasteiger partial charge on any atom is 0.0953 e. The molecular weight excluding hydrogens is 326 g/mol. The highest BCUT2D eigenvalue weighted by molar-refractivity contribution is 9.10. The number of nitrogens with one attached hydrogen (secondary N) is 1. The first-order valence-corrected chi connectivity index (χ1v) is 8.09. The summed E-state index contributed by atoms with van der Waals surface area (Å²) in [6, 6.07) is 19.0. The minimum absolute atomic E-state index is 0.0562. The molecule has 0 amide bonds. The predicted molar refractivity (Wildman–Crippen MR) is 91.3 cm³/mol. The highest BCUT2D eigenvalue weighted by Gasteiger charge is 2.13. The van der Waals surface area contributed by atoms with Crippen LogP contribution in [0.15, 0.2) is 59.1 Å². The van der Waals surface area contributed by atoms with Crippen molar-refractivity contribution in [2.75, 3.05) is 6.54 Å². The van der Waals surface area contributed by atoms with E-state index in [2.05, 4.69) is 65.4 Å². The largest absolute Gasteiger partial charge is 0.367 e. The summed E-state index contributed by atoms with van der Waals surface area (Å²) in [5.41, 5.74) is 2.38. The van der Waals surface area contributed by atoms with Crippen LogP contribution in [-0.4, -0.2) is 12.6 Å². The van der Waals surface area contributed by atoms with Crippen molar-refractivity contribution in [2.24, 2.45) is 0 Å². The molecule has 0 saturated carbocycles. The molecule has 0 saturated heterocycles. The normalized spacial score (nSPS) is 12.6. The molecule has 0 radical (unpaired) electrons. The van der Waals surface area contributed by atoms with Gasteiger partial charge in [0.25, 0.3) is 0 Å². The maximum atomic E-state index is 6.15. The number of ether oxygens (including phenoxy) is 1. The van der Waals surface area contributed by atoms with Crippen molar-refractivity contribution < 1.29 is 4.74 Å². The van der Waals surface area contributed by atoms with Gasteiger partial charge in [-0.15, -0.1) is 0 Å². The molecule has 1 atom stereocenters. The zero-order valence-corrected chi connectivity index (χ0v) is 14.1. The van der Waals surface area contributed by atoms with E-state index in [1.807, 2.05) is 24.3 Å². The van der Waals surface area contributed by atoms with Gasteiger partial charge in [-0.1, -0.05) is 78.3 Å². The second-order valence-corrected chi connectivity index (χ2v) is 6.22. The van der Waals surface area contributed by atoms with Gasteiger partial charge in [0.2, 0.25) is 0 Å². The van der Waals surface area contributed by atoms with Gasteiger partial charge in [0.1, 0.15) is 0 Å². The number of benzene rings is 2. The highest BCUT2D eigenvalue weighted by atomic mass is 79.9. The summed E-state index contributed by atoms with van der Waals surface area (Å²) in [5.74, 6) is 0. The first-order chi connectivity index (χ1) is 10.2. The average molecular weight is 348 g/mol. The molecule has 21 heavy (non-hydrogen) atoms. The second kappa shape index (κ2) is 8.32. The maximum absolute atomic E-state index is 6.15. The molecule has 2 rings (SSSR count). The van der Waals surface area contributed by atoms with Crippen LogP contribution in [0.1, 0.15) is 31.1 Å². The van der Waals surface area contributed by atoms with E-state index in [9.17, 15) is 0 Å². The molecule has 0 fully saturated rings. The standard InChI is InChI=1S/C18H22BrNO/c1-14(2)20-12-18(15-8-4-3-5-9-15)21-13-16-10-6-7-11-17(16)19/h3-11,14,18,20H,12-13H2,1-2H3. The van der Waals surface area contributed by atoms with Crippen LogP contribution >= 0.6 is 15.9 Å². The van der Waals surface area contributed by atoms with Gasteiger partial charge in [-0.2, -0.15) is 0 Å². The molecular formula is C18H22BrNO. The fourth-order valence-electron chi connectivity index (χ4n) is 2.09. The van der Waals surface area contributed by atoms with E-state index in [1.165, 1.54) is 11.1 Å².